The maximum absolute atomic E-state index is 11.6. The quantitative estimate of drug-likeness (QED) is 0.748. The van der Waals surface area contributed by atoms with E-state index in [1.807, 2.05) is 0 Å². The van der Waals surface area contributed by atoms with E-state index in [9.17, 15) is 9.59 Å². The molecule has 6 nitrogen and oxygen atoms in total. The van der Waals surface area contributed by atoms with Gasteiger partial charge in [0, 0.05) is 20.0 Å². The zero-order valence-electron chi connectivity index (χ0n) is 10.9. The van der Waals surface area contributed by atoms with Gasteiger partial charge in [0.2, 0.25) is 11.8 Å². The van der Waals surface area contributed by atoms with Crippen LogP contribution < -0.4 is 5.32 Å². The van der Waals surface area contributed by atoms with Crippen LogP contribution in [0.3, 0.4) is 0 Å². The van der Waals surface area contributed by atoms with Crippen LogP contribution in [0, 0.1) is 0 Å². The molecule has 0 saturated carbocycles. The maximum atomic E-state index is 11.6. The number of amides is 2. The molecule has 0 aliphatic carbocycles. The van der Waals surface area contributed by atoms with E-state index in [2.05, 4.69) is 23.5 Å². The topological polar surface area (TPSA) is 75.4 Å². The molecule has 1 rings (SSSR count). The molecule has 1 aromatic rings. The summed E-state index contributed by atoms with van der Waals surface area (Å²) in [5.74, 6) is -0.149. The second kappa shape index (κ2) is 7.15. The molecule has 0 spiro atoms. The summed E-state index contributed by atoms with van der Waals surface area (Å²) in [4.78, 5) is 28.5. The molecule has 0 bridgehead atoms. The number of rotatable bonds is 7. The van der Waals surface area contributed by atoms with Gasteiger partial charge in [-0.3, -0.25) is 9.59 Å². The number of nitrogens with zero attached hydrogens (tertiary/aromatic N) is 2. The van der Waals surface area contributed by atoms with Gasteiger partial charge in [0.25, 0.3) is 5.91 Å². The molecule has 0 aliphatic rings. The summed E-state index contributed by atoms with van der Waals surface area (Å²) in [5.41, 5.74) is 0.180. The van der Waals surface area contributed by atoms with Crippen LogP contribution in [0.5, 0.6) is 0 Å². The largest absolute Gasteiger partial charge is 0.446 e. The van der Waals surface area contributed by atoms with Gasteiger partial charge in [-0.05, 0) is 0 Å². The van der Waals surface area contributed by atoms with Crippen LogP contribution in [0.4, 0.5) is 0 Å². The van der Waals surface area contributed by atoms with Crippen LogP contribution in [0.1, 0.15) is 23.3 Å². The summed E-state index contributed by atoms with van der Waals surface area (Å²) < 4.78 is 5.17. The Labute approximate surface area is 111 Å². The highest BCUT2D eigenvalue weighted by Crippen LogP contribution is 2.06. The number of nitrogens with one attached hydrogen (secondary N) is 1. The summed E-state index contributed by atoms with van der Waals surface area (Å²) in [6.07, 6.45) is 4.45. The van der Waals surface area contributed by atoms with Crippen LogP contribution in [-0.4, -0.2) is 34.8 Å². The summed E-state index contributed by atoms with van der Waals surface area (Å²) >= 11 is 0. The standard InChI is InChI=1S/C13H17N3O3/c1-4-6-14-13(18)11-9-19-12(15-11)8-16(7-5-2)10(3)17/h4-5,9H,1-2,6-8H2,3H3,(H,14,18). The zero-order valence-corrected chi connectivity index (χ0v) is 10.9. The molecular weight excluding hydrogens is 246 g/mol. The predicted molar refractivity (Wildman–Crippen MR) is 70.3 cm³/mol. The lowest BCUT2D eigenvalue weighted by atomic mass is 10.4. The molecule has 1 N–H and O–H groups in total. The molecule has 0 aliphatic heterocycles. The lowest BCUT2D eigenvalue weighted by molar-refractivity contribution is -0.129. The minimum absolute atomic E-state index is 0.115. The Morgan fingerprint density at radius 2 is 2.21 bits per heavy atom. The van der Waals surface area contributed by atoms with Gasteiger partial charge >= 0.3 is 0 Å². The van der Waals surface area contributed by atoms with Crippen molar-refractivity contribution >= 4 is 11.8 Å². The summed E-state index contributed by atoms with van der Waals surface area (Å²) in [6, 6.07) is 0. The van der Waals surface area contributed by atoms with Gasteiger partial charge in [-0.15, -0.1) is 13.2 Å². The molecule has 0 atom stereocenters. The predicted octanol–water partition coefficient (Wildman–Crippen LogP) is 1.12. The fraction of sp³-hybridized carbons (Fsp3) is 0.308. The van der Waals surface area contributed by atoms with Crippen molar-refractivity contribution in [2.75, 3.05) is 13.1 Å². The average molecular weight is 263 g/mol. The van der Waals surface area contributed by atoms with Crippen LogP contribution in [0.15, 0.2) is 36.0 Å². The van der Waals surface area contributed by atoms with Crippen LogP contribution >= 0.6 is 0 Å². The van der Waals surface area contributed by atoms with Gasteiger partial charge in [0.1, 0.15) is 6.26 Å². The normalized spacial score (nSPS) is 9.74. The Morgan fingerprint density at radius 3 is 2.79 bits per heavy atom. The molecule has 0 fully saturated rings. The molecule has 1 aromatic heterocycles. The van der Waals surface area contributed by atoms with Crippen molar-refractivity contribution in [2.24, 2.45) is 0 Å². The Bertz CT molecular complexity index is 479. The van der Waals surface area contributed by atoms with Gasteiger partial charge in [-0.25, -0.2) is 4.98 Å². The first-order chi connectivity index (χ1) is 9.08. The van der Waals surface area contributed by atoms with Crippen molar-refractivity contribution in [3.05, 3.63) is 43.2 Å². The van der Waals surface area contributed by atoms with Gasteiger partial charge in [-0.1, -0.05) is 12.2 Å². The third kappa shape index (κ3) is 4.42. The van der Waals surface area contributed by atoms with E-state index in [-0.39, 0.29) is 24.1 Å². The molecule has 6 heteroatoms. The van der Waals surface area contributed by atoms with Crippen LogP contribution in [-0.2, 0) is 11.3 Å². The number of hydrogen-bond acceptors (Lipinski definition) is 4. The molecule has 19 heavy (non-hydrogen) atoms. The first-order valence-electron chi connectivity index (χ1n) is 5.78. The van der Waals surface area contributed by atoms with Crippen molar-refractivity contribution in [3.63, 3.8) is 0 Å². The number of oxazole rings is 1. The van der Waals surface area contributed by atoms with E-state index in [0.29, 0.717) is 19.0 Å². The second-order valence-electron chi connectivity index (χ2n) is 3.81. The van der Waals surface area contributed by atoms with Crippen molar-refractivity contribution in [3.8, 4) is 0 Å². The first-order valence-corrected chi connectivity index (χ1v) is 5.78. The van der Waals surface area contributed by atoms with Crippen molar-refractivity contribution in [2.45, 2.75) is 13.5 Å². The van der Waals surface area contributed by atoms with E-state index in [1.165, 1.54) is 18.1 Å². The SMILES string of the molecule is C=CCNC(=O)c1coc(CN(CC=C)C(C)=O)n1. The second-order valence-corrected chi connectivity index (χ2v) is 3.81. The Balaban J connectivity index is 2.68. The highest BCUT2D eigenvalue weighted by molar-refractivity contribution is 5.91. The number of aromatic nitrogens is 1. The van der Waals surface area contributed by atoms with Gasteiger partial charge in [0.15, 0.2) is 5.69 Å². The first kappa shape index (κ1) is 14.7. The minimum Gasteiger partial charge on any atom is -0.446 e. The Hall–Kier alpha value is -2.37. The smallest absolute Gasteiger partial charge is 0.273 e. The minimum atomic E-state index is -0.340. The number of carbonyl (C=O) groups excluding carboxylic acids is 2. The van der Waals surface area contributed by atoms with E-state index in [0.717, 1.165) is 0 Å². The van der Waals surface area contributed by atoms with Gasteiger partial charge in [0.05, 0.1) is 6.54 Å². The Kier molecular flexibility index (Phi) is 5.53. The molecule has 0 radical (unpaired) electrons. The molecule has 2 amide bonds. The molecule has 102 valence electrons. The maximum Gasteiger partial charge on any atom is 0.273 e. The average Bonchev–Trinajstić information content (AvgIpc) is 2.84. The lowest BCUT2D eigenvalue weighted by Crippen LogP contribution is -2.28. The zero-order chi connectivity index (χ0) is 14.3. The van der Waals surface area contributed by atoms with Gasteiger partial charge in [-0.2, -0.15) is 0 Å². The summed E-state index contributed by atoms with van der Waals surface area (Å²) in [6.45, 7) is 9.48. The van der Waals surface area contributed by atoms with Crippen molar-refractivity contribution in [1.82, 2.24) is 15.2 Å². The van der Waals surface area contributed by atoms with Crippen LogP contribution in [0.2, 0.25) is 0 Å². The van der Waals surface area contributed by atoms with E-state index in [1.54, 1.807) is 12.2 Å². The van der Waals surface area contributed by atoms with Crippen molar-refractivity contribution < 1.29 is 14.0 Å². The highest BCUT2D eigenvalue weighted by atomic mass is 16.3. The third-order valence-corrected chi connectivity index (χ3v) is 2.31. The third-order valence-electron chi connectivity index (χ3n) is 2.31. The summed E-state index contributed by atoms with van der Waals surface area (Å²) in [5, 5.41) is 2.59. The highest BCUT2D eigenvalue weighted by Gasteiger charge is 2.15. The van der Waals surface area contributed by atoms with Gasteiger partial charge < -0.3 is 14.6 Å². The number of carbonyl (C=O) groups is 2. The monoisotopic (exact) mass is 263 g/mol. The number of hydrogen-bond donors (Lipinski definition) is 1. The lowest BCUT2D eigenvalue weighted by Gasteiger charge is -2.16. The summed E-state index contributed by atoms with van der Waals surface area (Å²) in [7, 11) is 0. The van der Waals surface area contributed by atoms with E-state index < -0.39 is 0 Å². The Morgan fingerprint density at radius 1 is 1.47 bits per heavy atom. The molecule has 0 aromatic carbocycles. The fourth-order valence-electron chi connectivity index (χ4n) is 1.37. The fourth-order valence-corrected chi connectivity index (χ4v) is 1.37. The van der Waals surface area contributed by atoms with Crippen LogP contribution in [0.25, 0.3) is 0 Å². The molecule has 0 saturated heterocycles. The van der Waals surface area contributed by atoms with Crippen molar-refractivity contribution in [1.29, 1.82) is 0 Å². The van der Waals surface area contributed by atoms with E-state index >= 15 is 0 Å². The molecule has 1 heterocycles. The van der Waals surface area contributed by atoms with E-state index in [4.69, 9.17) is 4.42 Å². The molecular formula is C13H17N3O3. The molecule has 0 unspecified atom stereocenters.